The van der Waals surface area contributed by atoms with E-state index in [0.717, 1.165) is 6.42 Å². The fraction of sp³-hybridized carbons (Fsp3) is 0.978. The highest BCUT2D eigenvalue weighted by Crippen LogP contribution is 2.54. The van der Waals surface area contributed by atoms with E-state index in [2.05, 4.69) is 6.92 Å². The molecule has 6 N–H and O–H groups in total. The Morgan fingerprint density at radius 1 is 0.823 bits per heavy atom. The van der Waals surface area contributed by atoms with Gasteiger partial charge in [-0.15, -0.1) is 0 Å². The third-order valence-electron chi connectivity index (χ3n) is 16.3. The van der Waals surface area contributed by atoms with Crippen molar-refractivity contribution in [2.24, 2.45) is 29.6 Å². The van der Waals surface area contributed by atoms with E-state index in [-0.39, 0.29) is 36.6 Å². The third kappa shape index (κ3) is 9.02. The second kappa shape index (κ2) is 18.2. The summed E-state index contributed by atoms with van der Waals surface area (Å²) >= 11 is 0. The lowest BCUT2D eigenvalue weighted by Gasteiger charge is -2.53. The zero-order valence-corrected chi connectivity index (χ0v) is 38.3. The van der Waals surface area contributed by atoms with Crippen molar-refractivity contribution in [1.29, 1.82) is 0 Å². The molecule has 1 spiro atoms. The first-order valence-corrected chi connectivity index (χ1v) is 23.1. The Balaban J connectivity index is 1.08. The molecule has 7 saturated heterocycles. The Bertz CT molecular complexity index is 1560. The van der Waals surface area contributed by atoms with Crippen molar-refractivity contribution in [2.45, 2.75) is 228 Å². The fourth-order valence-electron chi connectivity index (χ4n) is 12.1. The van der Waals surface area contributed by atoms with Gasteiger partial charge in [0.2, 0.25) is 0 Å². The maximum atomic E-state index is 11.8. The third-order valence-corrected chi connectivity index (χ3v) is 16.3. The van der Waals surface area contributed by atoms with E-state index in [1.54, 1.807) is 7.11 Å². The normalized spacial score (nSPS) is 54.2. The lowest BCUT2D eigenvalue weighted by Crippen LogP contribution is -2.65. The van der Waals surface area contributed by atoms with Gasteiger partial charge in [0.25, 0.3) is 0 Å². The Morgan fingerprint density at radius 2 is 1.55 bits per heavy atom. The minimum absolute atomic E-state index is 0.0286. The van der Waals surface area contributed by atoms with E-state index < -0.39 is 127 Å². The smallest absolute Gasteiger partial charge is 0.308 e. The summed E-state index contributed by atoms with van der Waals surface area (Å²) in [6.45, 7) is 14.7. The number of carboxylic acid groups (broad SMARTS) is 1. The van der Waals surface area contributed by atoms with Crippen molar-refractivity contribution < 1.29 is 82.8 Å². The Labute approximate surface area is 366 Å². The summed E-state index contributed by atoms with van der Waals surface area (Å²) in [5.41, 5.74) is -1.65. The van der Waals surface area contributed by atoms with Crippen molar-refractivity contribution in [3.8, 4) is 0 Å². The SMILES string of the molecule is COC1CCC(OC2CC(C3OC(O)(CO)C(C)CC3C)OC2C2(C)CCC(C3(C)CCC4(CC(O)C(C)C(C(C)C5OC(O)(CC(=O)O)C(C)C(O)C5OC)O4)O3)O2)OC1C. The zero-order chi connectivity index (χ0) is 45.3. The van der Waals surface area contributed by atoms with E-state index in [4.69, 9.17) is 47.4 Å². The average molecular weight is 889 g/mol. The number of rotatable bonds is 12. The van der Waals surface area contributed by atoms with Crippen LogP contribution in [0, 0.1) is 29.6 Å². The summed E-state index contributed by atoms with van der Waals surface area (Å²) in [7, 11) is 3.12. The highest BCUT2D eigenvalue weighted by molar-refractivity contribution is 5.68. The van der Waals surface area contributed by atoms with Gasteiger partial charge in [-0.25, -0.2) is 0 Å². The molecular formula is C45H76O17. The number of hydrogen-bond acceptors (Lipinski definition) is 16. The van der Waals surface area contributed by atoms with Gasteiger partial charge in [-0.2, -0.15) is 0 Å². The van der Waals surface area contributed by atoms with Gasteiger partial charge in [0.15, 0.2) is 23.7 Å². The average Bonchev–Trinajstić information content (AvgIpc) is 3.92. The minimum Gasteiger partial charge on any atom is -0.481 e. The van der Waals surface area contributed by atoms with Crippen LogP contribution in [0.5, 0.6) is 0 Å². The molecule has 0 saturated carbocycles. The van der Waals surface area contributed by atoms with Crippen LogP contribution in [0.4, 0.5) is 0 Å². The van der Waals surface area contributed by atoms with Crippen molar-refractivity contribution in [3.05, 3.63) is 0 Å². The van der Waals surface area contributed by atoms with Crippen LogP contribution < -0.4 is 0 Å². The van der Waals surface area contributed by atoms with Gasteiger partial charge in [-0.3, -0.25) is 4.79 Å². The molecule has 7 aliphatic heterocycles. The summed E-state index contributed by atoms with van der Waals surface area (Å²) in [6.07, 6.45) is -3.27. The molecule has 0 bridgehead atoms. The zero-order valence-electron chi connectivity index (χ0n) is 38.3. The summed E-state index contributed by atoms with van der Waals surface area (Å²) < 4.78 is 64.9. The second-order valence-electron chi connectivity index (χ2n) is 20.7. The lowest BCUT2D eigenvalue weighted by molar-refractivity contribution is -0.363. The second-order valence-corrected chi connectivity index (χ2v) is 20.7. The molecule has 0 radical (unpaired) electrons. The highest BCUT2D eigenvalue weighted by Gasteiger charge is 2.63. The number of carboxylic acids is 1. The molecule has 7 fully saturated rings. The molecule has 0 aromatic heterocycles. The van der Waals surface area contributed by atoms with Crippen LogP contribution in [0.15, 0.2) is 0 Å². The molecule has 0 aliphatic carbocycles. The number of aliphatic carboxylic acids is 1. The van der Waals surface area contributed by atoms with Gasteiger partial charge in [-0.05, 0) is 58.8 Å². The Kier molecular flexibility index (Phi) is 14.3. The number of methoxy groups -OCH3 is 2. The number of aliphatic hydroxyl groups is 5. The molecule has 0 aromatic carbocycles. The predicted octanol–water partition coefficient (Wildman–Crippen LogP) is 3.01. The summed E-state index contributed by atoms with van der Waals surface area (Å²) in [6, 6.07) is 0. The van der Waals surface area contributed by atoms with E-state index >= 15 is 0 Å². The molecule has 62 heavy (non-hydrogen) atoms. The molecule has 7 rings (SSSR count). The van der Waals surface area contributed by atoms with Crippen LogP contribution in [-0.2, 0) is 52.2 Å². The van der Waals surface area contributed by atoms with E-state index in [9.17, 15) is 35.4 Å². The van der Waals surface area contributed by atoms with Crippen LogP contribution in [0.1, 0.15) is 120 Å². The van der Waals surface area contributed by atoms with Crippen molar-refractivity contribution in [2.75, 3.05) is 20.8 Å². The van der Waals surface area contributed by atoms with Gasteiger partial charge >= 0.3 is 5.97 Å². The molecule has 7 heterocycles. The van der Waals surface area contributed by atoms with Gasteiger partial charge in [0.05, 0.1) is 85.3 Å². The summed E-state index contributed by atoms with van der Waals surface area (Å²) in [5.74, 6) is -8.48. The van der Waals surface area contributed by atoms with Gasteiger partial charge in [0, 0.05) is 63.6 Å². The number of hydrogen-bond donors (Lipinski definition) is 6. The standard InChI is InChI=1S/C45H76O17/c1-22-17-23(2)45(52,21-46)60-36(22)30-18-31(56-34-12-11-29(53-9)27(6)55-34)40(57-30)42(8)14-13-32(58-42)41(7)15-16-43(62-41)19-28(47)24(3)37(59-43)25(4)38-39(54-10)35(50)26(5)44(51,61-38)20-33(48)49/h22-32,34-40,46-47,50-52H,11-21H2,1-10H3,(H,48,49). The van der Waals surface area contributed by atoms with Crippen molar-refractivity contribution in [1.82, 2.24) is 0 Å². The van der Waals surface area contributed by atoms with Crippen LogP contribution in [0.2, 0.25) is 0 Å². The number of ether oxygens (including phenoxy) is 10. The quantitative estimate of drug-likeness (QED) is 0.165. The molecule has 0 amide bonds. The molecule has 23 atom stereocenters. The van der Waals surface area contributed by atoms with Gasteiger partial charge in [0.1, 0.15) is 12.2 Å². The van der Waals surface area contributed by atoms with E-state index in [1.807, 2.05) is 41.5 Å². The van der Waals surface area contributed by atoms with Crippen molar-refractivity contribution >= 4 is 5.97 Å². The molecule has 17 heteroatoms. The summed E-state index contributed by atoms with van der Waals surface area (Å²) in [4.78, 5) is 11.8. The predicted molar refractivity (Wildman–Crippen MR) is 218 cm³/mol. The van der Waals surface area contributed by atoms with Gasteiger partial charge < -0.3 is 78.0 Å². The molecule has 7 aliphatic rings. The molecule has 23 unspecified atom stereocenters. The Morgan fingerprint density at radius 3 is 2.19 bits per heavy atom. The first-order chi connectivity index (χ1) is 29.0. The summed E-state index contributed by atoms with van der Waals surface area (Å²) in [5, 5.41) is 65.3. The maximum Gasteiger partial charge on any atom is 0.308 e. The number of carbonyl (C=O) groups is 1. The molecule has 358 valence electrons. The largest absolute Gasteiger partial charge is 0.481 e. The molecular weight excluding hydrogens is 812 g/mol. The van der Waals surface area contributed by atoms with Crippen LogP contribution >= 0.6 is 0 Å². The minimum atomic E-state index is -2.16. The topological polar surface area (TPSA) is 231 Å². The van der Waals surface area contributed by atoms with Crippen molar-refractivity contribution in [3.63, 3.8) is 0 Å². The maximum absolute atomic E-state index is 11.8. The Hall–Kier alpha value is -1.13. The molecule has 17 nitrogen and oxygen atoms in total. The highest BCUT2D eigenvalue weighted by atomic mass is 16.7. The van der Waals surface area contributed by atoms with Crippen LogP contribution in [-0.4, -0.2) is 166 Å². The van der Waals surface area contributed by atoms with Gasteiger partial charge in [-0.1, -0.05) is 34.6 Å². The molecule has 0 aromatic rings. The first-order valence-electron chi connectivity index (χ1n) is 23.1. The first kappa shape index (κ1) is 48.8. The monoisotopic (exact) mass is 889 g/mol. The van der Waals surface area contributed by atoms with E-state index in [0.29, 0.717) is 44.9 Å². The van der Waals surface area contributed by atoms with Crippen LogP contribution in [0.25, 0.3) is 0 Å². The van der Waals surface area contributed by atoms with Crippen LogP contribution in [0.3, 0.4) is 0 Å². The van der Waals surface area contributed by atoms with E-state index in [1.165, 1.54) is 14.0 Å². The fourth-order valence-corrected chi connectivity index (χ4v) is 12.1. The number of aliphatic hydroxyl groups excluding tert-OH is 3. The lowest BCUT2D eigenvalue weighted by atomic mass is 9.75.